The van der Waals surface area contributed by atoms with Gasteiger partial charge in [0, 0.05) is 0 Å². The maximum atomic E-state index is 7.00. The molecule has 1 rings (SSSR count). The third-order valence-electron chi connectivity index (χ3n) is 1.98. The van der Waals surface area contributed by atoms with Crippen LogP contribution in [0.15, 0.2) is 12.7 Å². The molecule has 0 amide bonds. The first-order chi connectivity index (χ1) is 5.35. The van der Waals surface area contributed by atoms with Crippen LogP contribution in [-0.2, 0) is 0 Å². The van der Waals surface area contributed by atoms with Crippen LogP contribution in [0, 0.1) is 5.92 Å². The first-order valence-corrected chi connectivity index (χ1v) is 4.07. The quantitative estimate of drug-likeness (QED) is 0.442. The molecule has 0 spiro atoms. The second kappa shape index (κ2) is 7.83. The van der Waals surface area contributed by atoms with Crippen LogP contribution in [0.2, 0.25) is 0 Å². The Morgan fingerprint density at radius 3 is 1.91 bits per heavy atom. The molecule has 0 bridgehead atoms. The van der Waals surface area contributed by atoms with E-state index in [0.29, 0.717) is 0 Å². The fraction of sp³-hybridized carbons (Fsp3) is 0.750. The first-order valence-electron chi connectivity index (χ1n) is 4.07. The summed E-state index contributed by atoms with van der Waals surface area (Å²) in [6, 6.07) is 0. The first kappa shape index (κ1) is 10.7. The van der Waals surface area contributed by atoms with Crippen LogP contribution in [0.25, 0.3) is 0 Å². The zero-order chi connectivity index (χ0) is 8.53. The molecule has 1 saturated carbocycles. The van der Waals surface area contributed by atoms with Gasteiger partial charge in [-0.15, -0.1) is 6.58 Å². The molecule has 1 fully saturated rings. The second-order valence-corrected chi connectivity index (χ2v) is 2.75. The van der Waals surface area contributed by atoms with Crippen LogP contribution < -0.4 is 0 Å². The molecule has 2 N–H and O–H groups in total. The third kappa shape index (κ3) is 6.14. The molecule has 0 atom stereocenters. The number of allylic oxidation sites excluding steroid dienone is 1. The summed E-state index contributed by atoms with van der Waals surface area (Å²) in [4.78, 5) is 0. The summed E-state index contributed by atoms with van der Waals surface area (Å²) in [5, 5.41) is 14.0. The van der Waals surface area contributed by atoms with Crippen molar-refractivity contribution in [3.63, 3.8) is 0 Å². The second-order valence-electron chi connectivity index (χ2n) is 2.75. The molecule has 0 aliphatic heterocycles. The highest BCUT2D eigenvalue weighted by Gasteiger charge is 2.07. The Hall–Kier alpha value is -0.275. The van der Waals surface area contributed by atoms with Crippen molar-refractivity contribution in [3.05, 3.63) is 12.7 Å². The molecule has 1 radical (unpaired) electrons. The monoisotopic (exact) mass is 155 g/mol. The average Bonchev–Trinajstić information content (AvgIpc) is 2.08. The minimum absolute atomic E-state index is 0. The average molecular weight is 155 g/mol. The lowest BCUT2D eigenvalue weighted by Crippen LogP contribution is -2.01. The molecule has 1 aliphatic carbocycles. The largest absolute Gasteiger partial charge is 0.482 e. The van der Waals surface area contributed by atoms with Crippen LogP contribution in [0.3, 0.4) is 0 Å². The summed E-state index contributed by atoms with van der Waals surface area (Å²) in [5.74, 6) is 0.851. The standard InChI is InChI=1S/C8H14.BH2O2/c1-2-8-6-4-3-5-7-8;2-1-3/h2,8H,1,3-7H2;2-3H. The minimum atomic E-state index is 0. The van der Waals surface area contributed by atoms with Gasteiger partial charge in [-0.3, -0.25) is 0 Å². The van der Waals surface area contributed by atoms with Crippen molar-refractivity contribution in [2.24, 2.45) is 5.92 Å². The lowest BCUT2D eigenvalue weighted by molar-refractivity contribution is 0.420. The zero-order valence-electron chi connectivity index (χ0n) is 6.87. The van der Waals surface area contributed by atoms with Crippen LogP contribution in [0.5, 0.6) is 0 Å². The van der Waals surface area contributed by atoms with Crippen molar-refractivity contribution in [2.45, 2.75) is 32.1 Å². The number of rotatable bonds is 1. The maximum absolute atomic E-state index is 7.00. The number of hydrogen-bond acceptors (Lipinski definition) is 2. The topological polar surface area (TPSA) is 40.5 Å². The van der Waals surface area contributed by atoms with Gasteiger partial charge in [0.05, 0.1) is 0 Å². The van der Waals surface area contributed by atoms with E-state index in [0.717, 1.165) is 5.92 Å². The van der Waals surface area contributed by atoms with Gasteiger partial charge in [0.25, 0.3) is 0 Å². The van der Waals surface area contributed by atoms with Crippen molar-refractivity contribution < 1.29 is 10.0 Å². The summed E-state index contributed by atoms with van der Waals surface area (Å²) >= 11 is 0. The molecule has 0 saturated heterocycles. The van der Waals surface area contributed by atoms with Crippen LogP contribution in [0.1, 0.15) is 32.1 Å². The normalized spacial score (nSPS) is 18.0. The van der Waals surface area contributed by atoms with Gasteiger partial charge in [0.1, 0.15) is 0 Å². The Labute approximate surface area is 69.2 Å². The van der Waals surface area contributed by atoms with Gasteiger partial charge < -0.3 is 10.0 Å². The van der Waals surface area contributed by atoms with Gasteiger partial charge in [-0.1, -0.05) is 25.3 Å². The van der Waals surface area contributed by atoms with Gasteiger partial charge in [-0.05, 0) is 18.8 Å². The minimum Gasteiger partial charge on any atom is -0.429 e. The SMILES string of the molecule is C=CC1CCCCC1.O[B]O. The molecule has 2 nitrogen and oxygen atoms in total. The van der Waals surface area contributed by atoms with E-state index in [1.165, 1.54) is 32.1 Å². The van der Waals surface area contributed by atoms with Crippen molar-refractivity contribution in [1.82, 2.24) is 0 Å². The highest BCUT2D eigenvalue weighted by molar-refractivity contribution is 6.13. The smallest absolute Gasteiger partial charge is 0.429 e. The molecular weight excluding hydrogens is 139 g/mol. The lowest BCUT2D eigenvalue weighted by Gasteiger charge is -2.16. The molecule has 3 heteroatoms. The molecule has 11 heavy (non-hydrogen) atoms. The summed E-state index contributed by atoms with van der Waals surface area (Å²) in [6.07, 6.45) is 9.20. The van der Waals surface area contributed by atoms with E-state index in [9.17, 15) is 0 Å². The van der Waals surface area contributed by atoms with Crippen molar-refractivity contribution in [2.75, 3.05) is 0 Å². The van der Waals surface area contributed by atoms with Crippen LogP contribution in [0.4, 0.5) is 0 Å². The Balaban J connectivity index is 0.000000292. The lowest BCUT2D eigenvalue weighted by atomic mass is 9.90. The molecule has 0 aromatic heterocycles. The summed E-state index contributed by atoms with van der Waals surface area (Å²) in [7, 11) is 0. The van der Waals surface area contributed by atoms with E-state index in [1.54, 1.807) is 0 Å². The fourth-order valence-electron chi connectivity index (χ4n) is 1.37. The van der Waals surface area contributed by atoms with E-state index in [1.807, 2.05) is 0 Å². The highest BCUT2D eigenvalue weighted by atomic mass is 16.4. The van der Waals surface area contributed by atoms with E-state index < -0.39 is 0 Å². The predicted octanol–water partition coefficient (Wildman–Crippen LogP) is 1.26. The van der Waals surface area contributed by atoms with Crippen molar-refractivity contribution >= 4 is 7.69 Å². The van der Waals surface area contributed by atoms with Crippen molar-refractivity contribution in [3.8, 4) is 0 Å². The summed E-state index contributed by atoms with van der Waals surface area (Å²) in [6.45, 7) is 3.78. The molecule has 63 valence electrons. The molecule has 0 heterocycles. The van der Waals surface area contributed by atoms with E-state index >= 15 is 0 Å². The number of hydrogen-bond donors (Lipinski definition) is 2. The fourth-order valence-corrected chi connectivity index (χ4v) is 1.37. The molecular formula is C8H16BO2. The van der Waals surface area contributed by atoms with Gasteiger partial charge in [-0.2, -0.15) is 0 Å². The van der Waals surface area contributed by atoms with Crippen LogP contribution in [-0.4, -0.2) is 17.7 Å². The van der Waals surface area contributed by atoms with Gasteiger partial charge >= 0.3 is 7.69 Å². The van der Waals surface area contributed by atoms with E-state index in [-0.39, 0.29) is 7.69 Å². The summed E-state index contributed by atoms with van der Waals surface area (Å²) in [5.41, 5.74) is 0. The van der Waals surface area contributed by atoms with E-state index in [4.69, 9.17) is 10.0 Å². The van der Waals surface area contributed by atoms with Gasteiger partial charge in [-0.25, -0.2) is 0 Å². The van der Waals surface area contributed by atoms with Gasteiger partial charge in [0.15, 0.2) is 0 Å². The Morgan fingerprint density at radius 2 is 1.64 bits per heavy atom. The van der Waals surface area contributed by atoms with Gasteiger partial charge in [0.2, 0.25) is 0 Å². The maximum Gasteiger partial charge on any atom is 0.482 e. The molecule has 0 aromatic rings. The molecule has 0 unspecified atom stereocenters. The Kier molecular flexibility index (Phi) is 7.63. The predicted molar refractivity (Wildman–Crippen MR) is 47.0 cm³/mol. The Bertz CT molecular complexity index is 90.1. The van der Waals surface area contributed by atoms with E-state index in [2.05, 4.69) is 12.7 Å². The van der Waals surface area contributed by atoms with Crippen LogP contribution >= 0.6 is 0 Å². The molecule has 1 aliphatic rings. The highest BCUT2D eigenvalue weighted by Crippen LogP contribution is 2.23. The third-order valence-corrected chi connectivity index (χ3v) is 1.98. The zero-order valence-corrected chi connectivity index (χ0v) is 6.87. The Morgan fingerprint density at radius 1 is 1.18 bits per heavy atom. The van der Waals surface area contributed by atoms with Crippen molar-refractivity contribution in [1.29, 1.82) is 0 Å². The molecule has 0 aromatic carbocycles. The summed E-state index contributed by atoms with van der Waals surface area (Å²) < 4.78 is 0.